The SMILES string of the molecule is O=C(O)C(F)C(F)C(C(F)F)S(=O)(=O)O. The van der Waals surface area contributed by atoms with Gasteiger partial charge in [0.15, 0.2) is 11.4 Å². The molecule has 5 nitrogen and oxygen atoms in total. The Morgan fingerprint density at radius 1 is 1.13 bits per heavy atom. The molecule has 0 rings (SSSR count). The molecule has 0 spiro atoms. The molecule has 2 N–H and O–H groups in total. The molecule has 90 valence electrons. The Hall–Kier alpha value is -0.900. The van der Waals surface area contributed by atoms with Crippen molar-refractivity contribution in [3.8, 4) is 0 Å². The number of aliphatic carboxylic acids is 1. The third-order valence-corrected chi connectivity index (χ3v) is 2.58. The summed E-state index contributed by atoms with van der Waals surface area (Å²) in [6.45, 7) is 0. The number of alkyl halides is 4. The zero-order valence-electron chi connectivity index (χ0n) is 6.85. The third kappa shape index (κ3) is 3.63. The summed E-state index contributed by atoms with van der Waals surface area (Å²) in [6, 6.07) is 0. The Bertz CT molecular complexity index is 328. The van der Waals surface area contributed by atoms with Crippen LogP contribution in [0.25, 0.3) is 0 Å². The van der Waals surface area contributed by atoms with Crippen molar-refractivity contribution in [3.63, 3.8) is 0 Å². The van der Waals surface area contributed by atoms with Crippen molar-refractivity contribution in [2.45, 2.75) is 24.0 Å². The number of carboxylic acids is 1. The van der Waals surface area contributed by atoms with Crippen molar-refractivity contribution in [1.29, 1.82) is 0 Å². The van der Waals surface area contributed by atoms with Gasteiger partial charge in [-0.25, -0.2) is 22.4 Å². The fraction of sp³-hybridized carbons (Fsp3) is 0.800. The van der Waals surface area contributed by atoms with Crippen LogP contribution >= 0.6 is 0 Å². The van der Waals surface area contributed by atoms with Crippen LogP contribution in [-0.2, 0) is 14.9 Å². The maximum atomic E-state index is 12.7. The summed E-state index contributed by atoms with van der Waals surface area (Å²) in [6.07, 6.45) is -10.9. The molecule has 10 heteroatoms. The molecular weight excluding hydrogens is 248 g/mol. The molecule has 0 saturated heterocycles. The summed E-state index contributed by atoms with van der Waals surface area (Å²) in [5.74, 6) is -2.43. The molecule has 0 aliphatic carbocycles. The summed E-state index contributed by atoms with van der Waals surface area (Å²) >= 11 is 0. The number of carbonyl (C=O) groups is 1. The summed E-state index contributed by atoms with van der Waals surface area (Å²) in [5.41, 5.74) is 0. The standard InChI is InChI=1S/C5H6F4O5S/c6-1(2(7)5(10)11)3(4(8)9)15(12,13)14/h1-4H,(H,10,11)(H,12,13,14). The lowest BCUT2D eigenvalue weighted by Crippen LogP contribution is -2.45. The lowest BCUT2D eigenvalue weighted by Gasteiger charge is -2.18. The molecule has 0 aromatic carbocycles. The highest BCUT2D eigenvalue weighted by molar-refractivity contribution is 7.86. The van der Waals surface area contributed by atoms with Gasteiger partial charge in [-0.3, -0.25) is 4.55 Å². The molecule has 0 amide bonds. The number of hydrogen-bond acceptors (Lipinski definition) is 3. The minimum absolute atomic E-state index is 2.43. The molecule has 15 heavy (non-hydrogen) atoms. The van der Waals surface area contributed by atoms with Gasteiger partial charge in [0.05, 0.1) is 0 Å². The topological polar surface area (TPSA) is 91.7 Å². The highest BCUT2D eigenvalue weighted by atomic mass is 32.2. The van der Waals surface area contributed by atoms with E-state index in [9.17, 15) is 30.8 Å². The lowest BCUT2D eigenvalue weighted by atomic mass is 10.2. The van der Waals surface area contributed by atoms with Crippen molar-refractivity contribution in [2.24, 2.45) is 0 Å². The van der Waals surface area contributed by atoms with E-state index in [-0.39, 0.29) is 0 Å². The van der Waals surface area contributed by atoms with E-state index in [1.807, 2.05) is 0 Å². The highest BCUT2D eigenvalue weighted by Crippen LogP contribution is 2.21. The van der Waals surface area contributed by atoms with Crippen molar-refractivity contribution >= 4 is 16.1 Å². The first-order valence-electron chi connectivity index (χ1n) is 3.34. The van der Waals surface area contributed by atoms with Crippen molar-refractivity contribution in [2.75, 3.05) is 0 Å². The first-order chi connectivity index (χ1) is 6.59. The Morgan fingerprint density at radius 2 is 1.53 bits per heavy atom. The molecule has 0 fully saturated rings. The first kappa shape index (κ1) is 14.1. The van der Waals surface area contributed by atoms with E-state index < -0.39 is 40.1 Å². The zero-order valence-corrected chi connectivity index (χ0v) is 7.67. The molecule has 0 aromatic rings. The van der Waals surface area contributed by atoms with Gasteiger partial charge in [0.1, 0.15) is 0 Å². The summed E-state index contributed by atoms with van der Waals surface area (Å²) in [7, 11) is -5.57. The maximum Gasteiger partial charge on any atom is 0.341 e. The molecule has 3 unspecified atom stereocenters. The van der Waals surface area contributed by atoms with Crippen molar-refractivity contribution in [3.05, 3.63) is 0 Å². The van der Waals surface area contributed by atoms with Gasteiger partial charge in [-0.05, 0) is 0 Å². The summed E-state index contributed by atoms with van der Waals surface area (Å²) in [4.78, 5) is 9.86. The monoisotopic (exact) mass is 254 g/mol. The molecule has 0 heterocycles. The van der Waals surface area contributed by atoms with Crippen LogP contribution in [0.2, 0.25) is 0 Å². The van der Waals surface area contributed by atoms with Gasteiger partial charge in [-0.1, -0.05) is 0 Å². The van der Waals surface area contributed by atoms with Gasteiger partial charge < -0.3 is 5.11 Å². The van der Waals surface area contributed by atoms with E-state index in [1.165, 1.54) is 0 Å². The van der Waals surface area contributed by atoms with Crippen LogP contribution in [0.4, 0.5) is 17.6 Å². The smallest absolute Gasteiger partial charge is 0.341 e. The molecule has 0 saturated carbocycles. The first-order valence-corrected chi connectivity index (χ1v) is 4.84. The van der Waals surface area contributed by atoms with E-state index in [4.69, 9.17) is 9.66 Å². The summed E-state index contributed by atoms with van der Waals surface area (Å²) in [5, 5.41) is 4.50. The average molecular weight is 254 g/mol. The van der Waals surface area contributed by atoms with Crippen LogP contribution in [0.1, 0.15) is 0 Å². The van der Waals surface area contributed by atoms with Gasteiger partial charge in [-0.15, -0.1) is 0 Å². The second-order valence-corrected chi connectivity index (χ2v) is 4.07. The van der Waals surface area contributed by atoms with Crippen LogP contribution in [-0.4, -0.2) is 48.1 Å². The normalized spacial score (nSPS) is 18.5. The van der Waals surface area contributed by atoms with Crippen LogP contribution in [0.5, 0.6) is 0 Å². The molecular formula is C5H6F4O5S. The average Bonchev–Trinajstić information content (AvgIpc) is 1.98. The Morgan fingerprint density at radius 3 is 1.73 bits per heavy atom. The third-order valence-electron chi connectivity index (χ3n) is 1.42. The molecule has 0 aliphatic heterocycles. The van der Waals surface area contributed by atoms with Crippen molar-refractivity contribution in [1.82, 2.24) is 0 Å². The van der Waals surface area contributed by atoms with Gasteiger partial charge in [0.2, 0.25) is 6.17 Å². The zero-order chi connectivity index (χ0) is 12.4. The van der Waals surface area contributed by atoms with Gasteiger partial charge in [0, 0.05) is 0 Å². The fourth-order valence-corrected chi connectivity index (χ4v) is 1.46. The van der Waals surface area contributed by atoms with E-state index in [1.54, 1.807) is 0 Å². The van der Waals surface area contributed by atoms with Crippen LogP contribution in [0.15, 0.2) is 0 Å². The Balaban J connectivity index is 5.04. The molecule has 0 radical (unpaired) electrons. The number of hydrogen-bond donors (Lipinski definition) is 2. The fourth-order valence-electron chi connectivity index (χ4n) is 0.736. The Kier molecular flexibility index (Phi) is 4.46. The largest absolute Gasteiger partial charge is 0.479 e. The van der Waals surface area contributed by atoms with Crippen LogP contribution in [0.3, 0.4) is 0 Å². The van der Waals surface area contributed by atoms with E-state index in [2.05, 4.69) is 0 Å². The molecule has 0 aliphatic rings. The lowest BCUT2D eigenvalue weighted by molar-refractivity contribution is -0.145. The highest BCUT2D eigenvalue weighted by Gasteiger charge is 2.47. The number of rotatable bonds is 5. The van der Waals surface area contributed by atoms with E-state index >= 15 is 0 Å². The summed E-state index contributed by atoms with van der Waals surface area (Å²) < 4.78 is 77.5. The second-order valence-electron chi connectivity index (χ2n) is 2.50. The minimum atomic E-state index is -5.57. The number of halogens is 4. The quantitative estimate of drug-likeness (QED) is 0.542. The van der Waals surface area contributed by atoms with Gasteiger partial charge >= 0.3 is 5.97 Å². The predicted octanol–water partition coefficient (Wildman–Crippen LogP) is 0.269. The van der Waals surface area contributed by atoms with E-state index in [0.29, 0.717) is 0 Å². The molecule has 0 bridgehead atoms. The predicted molar refractivity (Wildman–Crippen MR) is 38.8 cm³/mol. The van der Waals surface area contributed by atoms with Gasteiger partial charge in [0.25, 0.3) is 16.5 Å². The van der Waals surface area contributed by atoms with E-state index in [0.717, 1.165) is 0 Å². The van der Waals surface area contributed by atoms with Crippen LogP contribution < -0.4 is 0 Å². The number of carboxylic acid groups (broad SMARTS) is 1. The minimum Gasteiger partial charge on any atom is -0.479 e. The van der Waals surface area contributed by atoms with Crippen molar-refractivity contribution < 1.29 is 40.4 Å². The maximum absolute atomic E-state index is 12.7. The molecule has 0 aromatic heterocycles. The van der Waals surface area contributed by atoms with Gasteiger partial charge in [-0.2, -0.15) is 8.42 Å². The second kappa shape index (κ2) is 4.75. The van der Waals surface area contributed by atoms with Crippen LogP contribution in [0, 0.1) is 0 Å². The Labute approximate surface area is 81.4 Å². The molecule has 3 atom stereocenters.